The quantitative estimate of drug-likeness (QED) is 0.106. The second-order valence-electron chi connectivity index (χ2n) is 18.8. The van der Waals surface area contributed by atoms with Gasteiger partial charge in [-0.2, -0.15) is 0 Å². The van der Waals surface area contributed by atoms with Crippen molar-refractivity contribution < 1.29 is 79.5 Å². The number of alkyl halides is 2. The van der Waals surface area contributed by atoms with E-state index in [-0.39, 0.29) is 73.0 Å². The van der Waals surface area contributed by atoms with Crippen LogP contribution in [0.4, 0.5) is 29.0 Å². The fraction of sp³-hybridized carbons (Fsp3) is 0.650. The van der Waals surface area contributed by atoms with Gasteiger partial charge in [-0.25, -0.2) is 53.1 Å². The van der Waals surface area contributed by atoms with Crippen LogP contribution in [0.3, 0.4) is 0 Å². The number of nitrogens with one attached hydrogen (secondary N) is 1. The van der Waals surface area contributed by atoms with Gasteiger partial charge in [0, 0.05) is 20.0 Å². The molecule has 2 saturated heterocycles. The predicted octanol–water partition coefficient (Wildman–Crippen LogP) is 4.42. The first-order chi connectivity index (χ1) is 33.7. The molecule has 26 nitrogen and oxygen atoms in total. The lowest BCUT2D eigenvalue weighted by Gasteiger charge is -2.30. The summed E-state index contributed by atoms with van der Waals surface area (Å²) < 4.78 is 86.0. The Kier molecular flexibility index (Phi) is 16.8. The van der Waals surface area contributed by atoms with Crippen molar-refractivity contribution in [2.24, 2.45) is 5.92 Å². The Morgan fingerprint density at radius 3 is 1.97 bits per heavy atom. The van der Waals surface area contributed by atoms with Crippen LogP contribution in [-0.2, 0) is 76.6 Å². The molecule has 0 aromatic carbocycles. The number of anilines is 1. The number of rotatable bonds is 11. The molecule has 4 aromatic heterocycles. The van der Waals surface area contributed by atoms with Crippen LogP contribution >= 0.6 is 13.4 Å². The zero-order valence-electron chi connectivity index (χ0n) is 40.2. The fourth-order valence-electron chi connectivity index (χ4n) is 7.69. The Labute approximate surface area is 420 Å². The number of nitrogens with zero attached hydrogens (tertiary/aromatic N) is 10. The SMILES string of the molecule is CN(CCOC(=O)Cc1ncnc2c1ncn2[C@@H]1O[C@@H]2COP(O)(=S)O[C@@H]3[C@@H](COP(O)(=S)O[C@H]2[C@H]1F)C[C@@H](n1cnc2c(NC(=O)OCCN(C)C(=O)OC(C)(C)C)ncnc21)[C@@H]3F)C(=O)OC(C)(C)C. The molecular formula is C40H55F2N11O15P2S2. The molecule has 396 valence electrons. The monoisotopic (exact) mass is 1090 g/mol. The van der Waals surface area contributed by atoms with E-state index in [1.807, 2.05) is 0 Å². The molecule has 72 heavy (non-hydrogen) atoms. The molecule has 7 rings (SSSR count). The van der Waals surface area contributed by atoms with E-state index in [0.717, 1.165) is 12.7 Å². The molecule has 6 heterocycles. The van der Waals surface area contributed by atoms with E-state index in [1.165, 1.54) is 45.7 Å². The Morgan fingerprint density at radius 1 is 0.778 bits per heavy atom. The highest BCUT2D eigenvalue weighted by Crippen LogP contribution is 2.56. The Morgan fingerprint density at radius 2 is 1.33 bits per heavy atom. The summed E-state index contributed by atoms with van der Waals surface area (Å²) in [5, 5.41) is 2.47. The van der Waals surface area contributed by atoms with E-state index in [2.05, 4.69) is 35.2 Å². The minimum atomic E-state index is -4.37. The minimum absolute atomic E-state index is 0.0201. The molecule has 0 spiro atoms. The molecule has 0 radical (unpaired) electrons. The molecule has 32 heteroatoms. The van der Waals surface area contributed by atoms with Gasteiger partial charge in [-0.3, -0.25) is 19.2 Å². The normalized spacial score (nSPS) is 28.0. The maximum absolute atomic E-state index is 16.8. The summed E-state index contributed by atoms with van der Waals surface area (Å²) in [6.45, 7) is 0.118. The van der Waals surface area contributed by atoms with Gasteiger partial charge in [-0.1, -0.05) is 0 Å². The molecular weight excluding hydrogens is 1040 g/mol. The summed E-state index contributed by atoms with van der Waals surface area (Å²) in [7, 11) is 2.98. The maximum Gasteiger partial charge on any atom is 0.412 e. The molecule has 0 bridgehead atoms. The number of fused-ring (bicyclic) bond motifs is 4. The molecule has 3 aliphatic rings. The minimum Gasteiger partial charge on any atom is -0.463 e. The number of esters is 1. The van der Waals surface area contributed by atoms with Gasteiger partial charge in [0.2, 0.25) is 0 Å². The lowest BCUT2D eigenvalue weighted by atomic mass is 10.1. The highest BCUT2D eigenvalue weighted by Gasteiger charge is 2.53. The molecule has 3 N–H and O–H groups in total. The summed E-state index contributed by atoms with van der Waals surface area (Å²) in [4.78, 5) is 101. The van der Waals surface area contributed by atoms with Crippen LogP contribution in [0.2, 0.25) is 0 Å². The van der Waals surface area contributed by atoms with Gasteiger partial charge in [0.1, 0.15) is 67.1 Å². The van der Waals surface area contributed by atoms with Gasteiger partial charge >= 0.3 is 37.7 Å². The molecule has 3 fully saturated rings. The number of aromatic nitrogens is 8. The van der Waals surface area contributed by atoms with Gasteiger partial charge in [-0.05, 0) is 71.6 Å². The average molecular weight is 1090 g/mol. The third-order valence-electron chi connectivity index (χ3n) is 11.0. The van der Waals surface area contributed by atoms with Gasteiger partial charge < -0.3 is 61.4 Å². The van der Waals surface area contributed by atoms with Crippen LogP contribution in [0.5, 0.6) is 0 Å². The summed E-state index contributed by atoms with van der Waals surface area (Å²) in [5.74, 6) is -1.75. The van der Waals surface area contributed by atoms with Crippen molar-refractivity contribution in [1.82, 2.24) is 48.8 Å². The van der Waals surface area contributed by atoms with Crippen LogP contribution in [-0.4, -0.2) is 178 Å². The van der Waals surface area contributed by atoms with Gasteiger partial charge in [0.25, 0.3) is 0 Å². The van der Waals surface area contributed by atoms with Crippen molar-refractivity contribution in [3.63, 3.8) is 0 Å². The predicted molar refractivity (Wildman–Crippen MR) is 254 cm³/mol. The van der Waals surface area contributed by atoms with E-state index < -0.39 is 111 Å². The number of halogens is 2. The highest BCUT2D eigenvalue weighted by molar-refractivity contribution is 8.07. The number of hydrogen-bond acceptors (Lipinski definition) is 21. The molecule has 10 atom stereocenters. The van der Waals surface area contributed by atoms with Gasteiger partial charge in [0.05, 0.1) is 57.1 Å². The summed E-state index contributed by atoms with van der Waals surface area (Å²) >= 11 is 10.7. The molecule has 2 unspecified atom stereocenters. The Bertz CT molecular complexity index is 2570. The average Bonchev–Trinajstić information content (AvgIpc) is 4.05. The van der Waals surface area contributed by atoms with Crippen molar-refractivity contribution in [2.45, 2.75) is 109 Å². The van der Waals surface area contributed by atoms with Gasteiger partial charge in [0.15, 0.2) is 35.0 Å². The van der Waals surface area contributed by atoms with Crippen LogP contribution in [0.15, 0.2) is 25.3 Å². The summed E-state index contributed by atoms with van der Waals surface area (Å²) in [5.41, 5.74) is -1.00. The Hall–Kier alpha value is -4.74. The zero-order chi connectivity index (χ0) is 52.5. The first-order valence-electron chi connectivity index (χ1n) is 22.3. The third kappa shape index (κ3) is 13.5. The second kappa shape index (κ2) is 22.0. The standard InChI is InChI=1S/C40H55F2N11O15P2S2/c1-39(2,3)65-37(56)50(7)9-11-60-25(54)14-22-28-33(45-17-43-22)53(20-47-28)35-27(42)31-24(64-35)16-63-70(59,72)67-30-21(15-62-69(58,71)68-31)13-23(26(30)41)52-19-48-29-32(44-18-46-34(29)52)49-36(55)61-12-10-51(8)38(57)66-40(4,5)6/h17-21,23-24,26-27,30-31,35H,9-16H2,1-8H3,(H,58,71)(H,59,72)(H,44,46,49,55)/t21-,23-,24-,26+,27-,30-,31-,35-,69?,70?/m1/s1. The summed E-state index contributed by atoms with van der Waals surface area (Å²) in [6, 6.07) is -1.11. The molecule has 3 amide bonds. The van der Waals surface area contributed by atoms with Crippen LogP contribution in [0.1, 0.15) is 65.9 Å². The number of ether oxygens (including phenoxy) is 5. The number of carbonyl (C=O) groups is 4. The van der Waals surface area contributed by atoms with E-state index in [4.69, 9.17) is 65.4 Å². The Balaban J connectivity index is 0.998. The van der Waals surface area contributed by atoms with E-state index >= 15 is 8.78 Å². The lowest BCUT2D eigenvalue weighted by molar-refractivity contribution is -0.143. The van der Waals surface area contributed by atoms with Crippen molar-refractivity contribution in [2.75, 3.05) is 58.9 Å². The van der Waals surface area contributed by atoms with Crippen molar-refractivity contribution in [1.29, 1.82) is 0 Å². The molecule has 1 aliphatic carbocycles. The maximum atomic E-state index is 16.8. The lowest BCUT2D eigenvalue weighted by Crippen LogP contribution is -2.36. The molecule has 2 aliphatic heterocycles. The summed E-state index contributed by atoms with van der Waals surface area (Å²) in [6.07, 6.45) is -8.16. The van der Waals surface area contributed by atoms with E-state index in [9.17, 15) is 29.0 Å². The van der Waals surface area contributed by atoms with Crippen molar-refractivity contribution in [3.05, 3.63) is 31.0 Å². The third-order valence-corrected chi connectivity index (χ3v) is 14.2. The smallest absolute Gasteiger partial charge is 0.412 e. The fourth-order valence-corrected chi connectivity index (χ4v) is 10.6. The number of hydrogen-bond donors (Lipinski definition) is 3. The van der Waals surface area contributed by atoms with Gasteiger partial charge in [-0.15, -0.1) is 0 Å². The number of carbonyl (C=O) groups excluding carboxylic acids is 4. The van der Waals surface area contributed by atoms with E-state index in [1.54, 1.807) is 41.5 Å². The first kappa shape index (κ1) is 55.0. The largest absolute Gasteiger partial charge is 0.463 e. The van der Waals surface area contributed by atoms with E-state index in [0.29, 0.717) is 0 Å². The topological polar surface area (TPSA) is 298 Å². The zero-order valence-corrected chi connectivity index (χ0v) is 43.6. The number of likely N-dealkylation sites (N-methyl/N-ethyl adjacent to an activating group) is 2. The van der Waals surface area contributed by atoms with Crippen molar-refractivity contribution in [3.8, 4) is 0 Å². The van der Waals surface area contributed by atoms with Crippen LogP contribution < -0.4 is 5.32 Å². The second-order valence-corrected chi connectivity index (χ2v) is 24.4. The number of imidazole rings is 2. The first-order valence-corrected chi connectivity index (χ1v) is 27.4. The van der Waals surface area contributed by atoms with Crippen LogP contribution in [0.25, 0.3) is 22.3 Å². The molecule has 4 aromatic rings. The number of amides is 3. The highest BCUT2D eigenvalue weighted by atomic mass is 32.5. The van der Waals surface area contributed by atoms with Crippen molar-refractivity contribution >= 4 is 89.4 Å². The van der Waals surface area contributed by atoms with Crippen LogP contribution in [0, 0.1) is 5.92 Å². The molecule has 1 saturated carbocycles.